The van der Waals surface area contributed by atoms with Crippen LogP contribution in [0.25, 0.3) is 33.1 Å². The fourth-order valence-electron chi connectivity index (χ4n) is 4.61. The Bertz CT molecular complexity index is 1210. The smallest absolute Gasteiger partial charge is 0.0541 e. The minimum atomic E-state index is 0.608. The SMILES string of the molecule is CC1=C(c2cccc(-n3c4ccccc4c4ccccc43)c2C)C=CCC1C. The van der Waals surface area contributed by atoms with Crippen LogP contribution in [0.2, 0.25) is 0 Å². The second-order valence-electron chi connectivity index (χ2n) is 7.96. The molecule has 0 bridgehead atoms. The molecule has 0 amide bonds. The minimum absolute atomic E-state index is 0.608. The van der Waals surface area contributed by atoms with Gasteiger partial charge in [0.2, 0.25) is 0 Å². The van der Waals surface area contributed by atoms with Gasteiger partial charge in [-0.1, -0.05) is 73.2 Å². The summed E-state index contributed by atoms with van der Waals surface area (Å²) in [7, 11) is 0. The Kier molecular flexibility index (Phi) is 3.98. The molecule has 1 heteroatoms. The zero-order chi connectivity index (χ0) is 19.3. The van der Waals surface area contributed by atoms with Crippen molar-refractivity contribution in [2.24, 2.45) is 5.92 Å². The van der Waals surface area contributed by atoms with Gasteiger partial charge in [0.1, 0.15) is 0 Å². The van der Waals surface area contributed by atoms with Gasteiger partial charge in [-0.2, -0.15) is 0 Å². The van der Waals surface area contributed by atoms with Gasteiger partial charge in [0.25, 0.3) is 0 Å². The summed E-state index contributed by atoms with van der Waals surface area (Å²) in [5.74, 6) is 0.608. The molecular weight excluding hydrogens is 338 g/mol. The standard InChI is InChI=1S/C27H25N/c1-18-10-8-13-21(19(18)2)22-14-9-17-25(20(22)3)28-26-15-6-4-11-23(26)24-12-5-7-16-27(24)28/h4-9,11-18H,10H2,1-3H3. The molecule has 0 fully saturated rings. The highest BCUT2D eigenvalue weighted by Gasteiger charge is 2.18. The molecule has 1 nitrogen and oxygen atoms in total. The van der Waals surface area contributed by atoms with Crippen molar-refractivity contribution in [3.8, 4) is 5.69 Å². The van der Waals surface area contributed by atoms with Gasteiger partial charge in [0.05, 0.1) is 11.0 Å². The lowest BCUT2D eigenvalue weighted by atomic mass is 9.85. The summed E-state index contributed by atoms with van der Waals surface area (Å²) in [6.45, 7) is 6.88. The molecule has 1 unspecified atom stereocenters. The molecule has 1 aliphatic rings. The van der Waals surface area contributed by atoms with E-state index in [1.807, 2.05) is 0 Å². The summed E-state index contributed by atoms with van der Waals surface area (Å²) in [6, 6.07) is 24.2. The van der Waals surface area contributed by atoms with Crippen molar-refractivity contribution in [1.29, 1.82) is 0 Å². The van der Waals surface area contributed by atoms with Crippen LogP contribution < -0.4 is 0 Å². The van der Waals surface area contributed by atoms with E-state index in [0.29, 0.717) is 5.92 Å². The molecule has 4 aromatic rings. The lowest BCUT2D eigenvalue weighted by Gasteiger charge is -2.22. The van der Waals surface area contributed by atoms with Gasteiger partial charge in [-0.05, 0) is 61.1 Å². The van der Waals surface area contributed by atoms with E-state index in [0.717, 1.165) is 6.42 Å². The number of fused-ring (bicyclic) bond motifs is 3. The number of rotatable bonds is 2. The van der Waals surface area contributed by atoms with Crippen molar-refractivity contribution in [1.82, 2.24) is 4.57 Å². The molecule has 1 aromatic heterocycles. The summed E-state index contributed by atoms with van der Waals surface area (Å²) in [4.78, 5) is 0. The first-order valence-corrected chi connectivity index (χ1v) is 10.1. The summed E-state index contributed by atoms with van der Waals surface area (Å²) in [5, 5.41) is 2.62. The molecule has 5 rings (SSSR count). The number of nitrogens with zero attached hydrogens (tertiary/aromatic N) is 1. The molecule has 0 aliphatic heterocycles. The summed E-state index contributed by atoms with van der Waals surface area (Å²) in [5.41, 5.74) is 9.36. The predicted molar refractivity (Wildman–Crippen MR) is 121 cm³/mol. The van der Waals surface area contributed by atoms with Crippen molar-refractivity contribution in [3.05, 3.63) is 95.6 Å². The number of para-hydroxylation sites is 2. The van der Waals surface area contributed by atoms with E-state index >= 15 is 0 Å². The van der Waals surface area contributed by atoms with Crippen molar-refractivity contribution < 1.29 is 0 Å². The minimum Gasteiger partial charge on any atom is -0.309 e. The Balaban J connectivity index is 1.83. The normalized spacial score (nSPS) is 17.0. The molecule has 0 radical (unpaired) electrons. The number of benzene rings is 3. The van der Waals surface area contributed by atoms with Gasteiger partial charge < -0.3 is 4.57 Å². The molecule has 0 saturated carbocycles. The third-order valence-electron chi connectivity index (χ3n) is 6.35. The predicted octanol–water partition coefficient (Wildman–Crippen LogP) is 7.46. The van der Waals surface area contributed by atoms with Crippen LogP contribution in [0.15, 0.2) is 84.5 Å². The fourth-order valence-corrected chi connectivity index (χ4v) is 4.61. The first-order valence-electron chi connectivity index (χ1n) is 10.1. The van der Waals surface area contributed by atoms with Crippen LogP contribution in [0.5, 0.6) is 0 Å². The largest absolute Gasteiger partial charge is 0.309 e. The van der Waals surface area contributed by atoms with E-state index in [9.17, 15) is 0 Å². The van der Waals surface area contributed by atoms with Gasteiger partial charge in [-0.25, -0.2) is 0 Å². The molecule has 1 atom stereocenters. The lowest BCUT2D eigenvalue weighted by molar-refractivity contribution is 0.690. The van der Waals surface area contributed by atoms with Crippen LogP contribution in [0.1, 0.15) is 31.4 Å². The number of hydrogen-bond donors (Lipinski definition) is 0. The Hall–Kier alpha value is -3.06. The highest BCUT2D eigenvalue weighted by atomic mass is 15.0. The molecule has 138 valence electrons. The third kappa shape index (κ3) is 2.46. The molecule has 0 saturated heterocycles. The zero-order valence-corrected chi connectivity index (χ0v) is 16.7. The van der Waals surface area contributed by atoms with Crippen molar-refractivity contribution >= 4 is 27.4 Å². The Labute approximate surface area is 166 Å². The Morgan fingerprint density at radius 2 is 1.43 bits per heavy atom. The van der Waals surface area contributed by atoms with Crippen LogP contribution in [0, 0.1) is 12.8 Å². The quantitative estimate of drug-likeness (QED) is 0.348. The topological polar surface area (TPSA) is 4.93 Å². The average Bonchev–Trinajstić information content (AvgIpc) is 3.05. The van der Waals surface area contributed by atoms with Gasteiger partial charge in [0, 0.05) is 16.5 Å². The van der Waals surface area contributed by atoms with E-state index in [2.05, 4.69) is 104 Å². The first kappa shape index (κ1) is 17.1. The number of aromatic nitrogens is 1. The molecule has 0 N–H and O–H groups in total. The van der Waals surface area contributed by atoms with Gasteiger partial charge in [0.15, 0.2) is 0 Å². The van der Waals surface area contributed by atoms with Crippen LogP contribution in [-0.4, -0.2) is 4.57 Å². The Morgan fingerprint density at radius 1 is 0.786 bits per heavy atom. The molecule has 3 aromatic carbocycles. The van der Waals surface area contributed by atoms with Gasteiger partial charge in [-0.15, -0.1) is 0 Å². The van der Waals surface area contributed by atoms with E-state index < -0.39 is 0 Å². The van der Waals surface area contributed by atoms with Crippen LogP contribution >= 0.6 is 0 Å². The monoisotopic (exact) mass is 363 g/mol. The summed E-state index contributed by atoms with van der Waals surface area (Å²) in [6.07, 6.45) is 5.77. The highest BCUT2D eigenvalue weighted by molar-refractivity contribution is 6.09. The number of allylic oxidation sites excluding steroid dienone is 4. The van der Waals surface area contributed by atoms with Gasteiger partial charge >= 0.3 is 0 Å². The maximum absolute atomic E-state index is 2.43. The van der Waals surface area contributed by atoms with E-state index in [-0.39, 0.29) is 0 Å². The molecule has 0 spiro atoms. The van der Waals surface area contributed by atoms with Crippen LogP contribution in [0.4, 0.5) is 0 Å². The molecule has 28 heavy (non-hydrogen) atoms. The van der Waals surface area contributed by atoms with Crippen LogP contribution in [0.3, 0.4) is 0 Å². The van der Waals surface area contributed by atoms with E-state index in [1.165, 1.54) is 49.8 Å². The second-order valence-corrected chi connectivity index (χ2v) is 7.96. The second kappa shape index (κ2) is 6.53. The summed E-state index contributed by atoms with van der Waals surface area (Å²) >= 11 is 0. The molecule has 1 aliphatic carbocycles. The Morgan fingerprint density at radius 3 is 2.11 bits per heavy atom. The highest BCUT2D eigenvalue weighted by Crippen LogP contribution is 2.37. The summed E-state index contributed by atoms with van der Waals surface area (Å²) < 4.78 is 2.43. The average molecular weight is 364 g/mol. The van der Waals surface area contributed by atoms with Crippen molar-refractivity contribution in [3.63, 3.8) is 0 Å². The number of hydrogen-bond acceptors (Lipinski definition) is 0. The van der Waals surface area contributed by atoms with Crippen molar-refractivity contribution in [2.75, 3.05) is 0 Å². The maximum atomic E-state index is 2.43. The van der Waals surface area contributed by atoms with Gasteiger partial charge in [-0.3, -0.25) is 0 Å². The zero-order valence-electron chi connectivity index (χ0n) is 16.7. The van der Waals surface area contributed by atoms with Crippen molar-refractivity contribution in [2.45, 2.75) is 27.2 Å². The molecular formula is C27H25N. The van der Waals surface area contributed by atoms with E-state index in [1.54, 1.807) is 0 Å². The third-order valence-corrected chi connectivity index (χ3v) is 6.35. The van der Waals surface area contributed by atoms with Crippen LogP contribution in [-0.2, 0) is 0 Å². The lowest BCUT2D eigenvalue weighted by Crippen LogP contribution is -2.05. The molecule has 1 heterocycles. The van der Waals surface area contributed by atoms with E-state index in [4.69, 9.17) is 0 Å². The first-order chi connectivity index (χ1) is 13.7. The maximum Gasteiger partial charge on any atom is 0.0541 e. The fraction of sp³-hybridized carbons (Fsp3) is 0.185.